The van der Waals surface area contributed by atoms with E-state index in [0.29, 0.717) is 6.04 Å². The third-order valence-corrected chi connectivity index (χ3v) is 2.97. The van der Waals surface area contributed by atoms with Gasteiger partial charge in [-0.1, -0.05) is 12.1 Å². The molecule has 0 bridgehead atoms. The normalized spacial score (nSPS) is 17.9. The lowest BCUT2D eigenvalue weighted by Gasteiger charge is -2.32. The van der Waals surface area contributed by atoms with Crippen molar-refractivity contribution in [1.82, 2.24) is 0 Å². The lowest BCUT2D eigenvalue weighted by Crippen LogP contribution is -2.39. The highest BCUT2D eigenvalue weighted by atomic mass is 16.5. The number of hydrogen-bond acceptors (Lipinski definition) is 3. The van der Waals surface area contributed by atoms with E-state index in [1.54, 1.807) is 7.11 Å². The van der Waals surface area contributed by atoms with E-state index in [2.05, 4.69) is 11.0 Å². The molecule has 1 aromatic rings. The Morgan fingerprint density at radius 3 is 2.60 bits per heavy atom. The molecule has 3 nitrogen and oxygen atoms in total. The van der Waals surface area contributed by atoms with E-state index < -0.39 is 0 Å². The van der Waals surface area contributed by atoms with Crippen LogP contribution in [0.25, 0.3) is 0 Å². The second-order valence-corrected chi connectivity index (χ2v) is 4.00. The minimum Gasteiger partial charge on any atom is -0.495 e. The van der Waals surface area contributed by atoms with Gasteiger partial charge in [-0.15, -0.1) is 0 Å². The number of nitrogens with zero attached hydrogens (tertiary/aromatic N) is 1. The molecule has 1 saturated heterocycles. The van der Waals surface area contributed by atoms with Crippen molar-refractivity contribution in [3.8, 4) is 5.75 Å². The van der Waals surface area contributed by atoms with Gasteiger partial charge in [0.25, 0.3) is 0 Å². The number of piperidine rings is 1. The Balaban J connectivity index is 2.15. The summed E-state index contributed by atoms with van der Waals surface area (Å²) < 4.78 is 5.35. The Bertz CT molecular complexity index is 319. The van der Waals surface area contributed by atoms with Gasteiger partial charge in [0.15, 0.2) is 0 Å². The number of anilines is 1. The molecule has 0 saturated carbocycles. The van der Waals surface area contributed by atoms with Gasteiger partial charge in [-0.25, -0.2) is 0 Å². The molecule has 15 heavy (non-hydrogen) atoms. The summed E-state index contributed by atoms with van der Waals surface area (Å²) in [5.41, 5.74) is 7.07. The van der Waals surface area contributed by atoms with Crippen molar-refractivity contribution >= 4 is 5.69 Å². The van der Waals surface area contributed by atoms with Crippen molar-refractivity contribution in [3.63, 3.8) is 0 Å². The summed E-state index contributed by atoms with van der Waals surface area (Å²) >= 11 is 0. The molecule has 0 spiro atoms. The first kappa shape index (κ1) is 10.3. The van der Waals surface area contributed by atoms with Gasteiger partial charge in [0.2, 0.25) is 0 Å². The molecular weight excluding hydrogens is 188 g/mol. The van der Waals surface area contributed by atoms with Gasteiger partial charge < -0.3 is 15.4 Å². The van der Waals surface area contributed by atoms with Crippen LogP contribution in [0.15, 0.2) is 24.3 Å². The van der Waals surface area contributed by atoms with Crippen molar-refractivity contribution in [2.24, 2.45) is 5.73 Å². The lowest BCUT2D eigenvalue weighted by molar-refractivity contribution is 0.411. The van der Waals surface area contributed by atoms with Crippen LogP contribution in [0.3, 0.4) is 0 Å². The molecule has 0 radical (unpaired) electrons. The van der Waals surface area contributed by atoms with Crippen LogP contribution in [-0.4, -0.2) is 26.2 Å². The number of benzene rings is 1. The van der Waals surface area contributed by atoms with Crippen molar-refractivity contribution in [1.29, 1.82) is 0 Å². The summed E-state index contributed by atoms with van der Waals surface area (Å²) in [5, 5.41) is 0. The quantitative estimate of drug-likeness (QED) is 0.799. The van der Waals surface area contributed by atoms with Crippen LogP contribution in [0.4, 0.5) is 5.69 Å². The van der Waals surface area contributed by atoms with Gasteiger partial charge in [0, 0.05) is 19.1 Å². The van der Waals surface area contributed by atoms with E-state index in [1.807, 2.05) is 18.2 Å². The molecule has 1 aliphatic heterocycles. The predicted octanol–water partition coefficient (Wildman–Crippen LogP) is 1.62. The summed E-state index contributed by atoms with van der Waals surface area (Å²) in [7, 11) is 1.72. The van der Waals surface area contributed by atoms with E-state index in [9.17, 15) is 0 Å². The zero-order valence-corrected chi connectivity index (χ0v) is 9.15. The smallest absolute Gasteiger partial charge is 0.142 e. The van der Waals surface area contributed by atoms with Gasteiger partial charge in [-0.3, -0.25) is 0 Å². The van der Waals surface area contributed by atoms with Crippen LogP contribution >= 0.6 is 0 Å². The Morgan fingerprint density at radius 2 is 1.93 bits per heavy atom. The van der Waals surface area contributed by atoms with Crippen molar-refractivity contribution in [3.05, 3.63) is 24.3 Å². The van der Waals surface area contributed by atoms with Crippen LogP contribution in [0.2, 0.25) is 0 Å². The second-order valence-electron chi connectivity index (χ2n) is 4.00. The molecule has 2 N–H and O–H groups in total. The van der Waals surface area contributed by atoms with E-state index in [-0.39, 0.29) is 0 Å². The van der Waals surface area contributed by atoms with Crippen molar-refractivity contribution < 1.29 is 4.74 Å². The molecule has 0 aliphatic carbocycles. The first-order valence-corrected chi connectivity index (χ1v) is 5.45. The summed E-state index contributed by atoms with van der Waals surface area (Å²) in [6.07, 6.45) is 2.14. The molecule has 1 heterocycles. The third kappa shape index (κ3) is 2.23. The van der Waals surface area contributed by atoms with Crippen LogP contribution in [0.1, 0.15) is 12.8 Å². The minimum absolute atomic E-state index is 0.371. The highest BCUT2D eigenvalue weighted by molar-refractivity contribution is 5.58. The minimum atomic E-state index is 0.371. The highest BCUT2D eigenvalue weighted by Crippen LogP contribution is 2.29. The molecule has 3 heteroatoms. The Morgan fingerprint density at radius 1 is 1.27 bits per heavy atom. The number of nitrogens with two attached hydrogens (primary N) is 1. The number of ether oxygens (including phenoxy) is 1. The predicted molar refractivity (Wildman–Crippen MR) is 62.4 cm³/mol. The van der Waals surface area contributed by atoms with Gasteiger partial charge >= 0.3 is 0 Å². The average Bonchev–Trinajstić information content (AvgIpc) is 2.30. The average molecular weight is 206 g/mol. The monoisotopic (exact) mass is 206 g/mol. The van der Waals surface area contributed by atoms with E-state index in [1.165, 1.54) is 5.69 Å². The lowest BCUT2D eigenvalue weighted by atomic mass is 10.1. The summed E-state index contributed by atoms with van der Waals surface area (Å²) in [5.74, 6) is 0.952. The fourth-order valence-electron chi connectivity index (χ4n) is 2.03. The molecule has 0 unspecified atom stereocenters. The van der Waals surface area contributed by atoms with Crippen LogP contribution < -0.4 is 15.4 Å². The first-order valence-electron chi connectivity index (χ1n) is 5.45. The topological polar surface area (TPSA) is 38.5 Å². The third-order valence-electron chi connectivity index (χ3n) is 2.97. The van der Waals surface area contributed by atoms with Gasteiger partial charge in [0.1, 0.15) is 5.75 Å². The zero-order valence-electron chi connectivity index (χ0n) is 9.15. The summed E-state index contributed by atoms with van der Waals surface area (Å²) in [4.78, 5) is 2.35. The Kier molecular flexibility index (Phi) is 3.11. The zero-order chi connectivity index (χ0) is 10.7. The van der Waals surface area contributed by atoms with Gasteiger partial charge in [-0.2, -0.15) is 0 Å². The first-order chi connectivity index (χ1) is 7.31. The Labute approximate surface area is 90.8 Å². The van der Waals surface area contributed by atoms with Gasteiger partial charge in [-0.05, 0) is 25.0 Å². The highest BCUT2D eigenvalue weighted by Gasteiger charge is 2.18. The Hall–Kier alpha value is -1.22. The maximum Gasteiger partial charge on any atom is 0.142 e. The molecular formula is C12H18N2O. The summed E-state index contributed by atoms with van der Waals surface area (Å²) in [6.45, 7) is 2.06. The second kappa shape index (κ2) is 4.53. The molecule has 82 valence electrons. The molecule has 1 fully saturated rings. The van der Waals surface area contributed by atoms with E-state index in [0.717, 1.165) is 31.7 Å². The summed E-state index contributed by atoms with van der Waals surface area (Å²) in [6, 6.07) is 8.53. The molecule has 0 amide bonds. The molecule has 1 aliphatic rings. The number of rotatable bonds is 2. The number of methoxy groups -OCH3 is 1. The van der Waals surface area contributed by atoms with E-state index >= 15 is 0 Å². The van der Waals surface area contributed by atoms with Crippen molar-refractivity contribution in [2.75, 3.05) is 25.1 Å². The number of hydrogen-bond donors (Lipinski definition) is 1. The molecule has 1 aromatic carbocycles. The standard InChI is InChI=1S/C12H18N2O/c1-15-12-5-3-2-4-11(12)14-8-6-10(13)7-9-14/h2-5,10H,6-9,13H2,1H3. The van der Waals surface area contributed by atoms with Crippen LogP contribution in [0.5, 0.6) is 5.75 Å². The largest absolute Gasteiger partial charge is 0.495 e. The van der Waals surface area contributed by atoms with Gasteiger partial charge in [0.05, 0.1) is 12.8 Å². The van der Waals surface area contributed by atoms with Crippen molar-refractivity contribution in [2.45, 2.75) is 18.9 Å². The fourth-order valence-corrected chi connectivity index (χ4v) is 2.03. The van der Waals surface area contributed by atoms with E-state index in [4.69, 9.17) is 10.5 Å². The fraction of sp³-hybridized carbons (Fsp3) is 0.500. The maximum absolute atomic E-state index is 5.89. The molecule has 0 atom stereocenters. The van der Waals surface area contributed by atoms with Crippen LogP contribution in [0, 0.1) is 0 Å². The molecule has 2 rings (SSSR count). The number of para-hydroxylation sites is 2. The maximum atomic E-state index is 5.89. The SMILES string of the molecule is COc1ccccc1N1CCC(N)CC1. The van der Waals surface area contributed by atoms with Crippen LogP contribution in [-0.2, 0) is 0 Å². The molecule has 0 aromatic heterocycles.